The van der Waals surface area contributed by atoms with Crippen molar-refractivity contribution in [2.75, 3.05) is 13.7 Å². The first-order valence-corrected chi connectivity index (χ1v) is 5.54. The van der Waals surface area contributed by atoms with Crippen molar-refractivity contribution >= 4 is 0 Å². The summed E-state index contributed by atoms with van der Waals surface area (Å²) in [5.74, 6) is 0. The topological polar surface area (TPSA) is 32.3 Å². The number of hydrogen-bond acceptors (Lipinski definition) is 2. The third kappa shape index (κ3) is 8.16. The molecule has 0 spiro atoms. The molecule has 1 aromatic rings. The molecule has 1 aromatic carbocycles. The van der Waals surface area contributed by atoms with Crippen LogP contribution in [-0.4, -0.2) is 24.8 Å². The van der Waals surface area contributed by atoms with E-state index in [1.807, 2.05) is 25.2 Å². The van der Waals surface area contributed by atoms with E-state index in [1.165, 1.54) is 5.56 Å². The van der Waals surface area contributed by atoms with Crippen LogP contribution in [-0.2, 0) is 0 Å². The van der Waals surface area contributed by atoms with Gasteiger partial charge in [0.2, 0.25) is 0 Å². The minimum Gasteiger partial charge on any atom is -0.396 e. The summed E-state index contributed by atoms with van der Waals surface area (Å²) in [5.41, 5.74) is 1.32. The molecule has 1 atom stereocenters. The maximum atomic E-state index is 8.46. The predicted octanol–water partition coefficient (Wildman–Crippen LogP) is 2.36. The summed E-state index contributed by atoms with van der Waals surface area (Å²) < 4.78 is 0. The van der Waals surface area contributed by atoms with Crippen molar-refractivity contribution in [2.24, 2.45) is 0 Å². The van der Waals surface area contributed by atoms with Crippen molar-refractivity contribution in [3.63, 3.8) is 0 Å². The highest BCUT2D eigenvalue weighted by Crippen LogP contribution is 1.93. The molecule has 0 radical (unpaired) electrons. The lowest BCUT2D eigenvalue weighted by Crippen LogP contribution is -2.24. The van der Waals surface area contributed by atoms with Crippen LogP contribution in [0.2, 0.25) is 0 Å². The molecule has 15 heavy (non-hydrogen) atoms. The van der Waals surface area contributed by atoms with E-state index in [9.17, 15) is 0 Å². The molecule has 0 saturated heterocycles. The highest BCUT2D eigenvalue weighted by atomic mass is 16.3. The lowest BCUT2D eigenvalue weighted by atomic mass is 10.2. The van der Waals surface area contributed by atoms with Crippen molar-refractivity contribution in [2.45, 2.75) is 32.7 Å². The summed E-state index contributed by atoms with van der Waals surface area (Å²) in [4.78, 5) is 0. The third-order valence-electron chi connectivity index (χ3n) is 2.32. The van der Waals surface area contributed by atoms with Gasteiger partial charge >= 0.3 is 0 Å². The molecule has 0 aliphatic carbocycles. The molecule has 2 N–H and O–H groups in total. The number of hydrogen-bond donors (Lipinski definition) is 2. The van der Waals surface area contributed by atoms with Crippen LogP contribution >= 0.6 is 0 Å². The highest BCUT2D eigenvalue weighted by Gasteiger charge is 1.98. The molecule has 1 unspecified atom stereocenters. The maximum absolute atomic E-state index is 8.46. The van der Waals surface area contributed by atoms with E-state index in [0.717, 1.165) is 12.8 Å². The first-order valence-electron chi connectivity index (χ1n) is 5.54. The minimum absolute atomic E-state index is 0.291. The summed E-state index contributed by atoms with van der Waals surface area (Å²) >= 11 is 0. The Morgan fingerprint density at radius 2 is 1.87 bits per heavy atom. The van der Waals surface area contributed by atoms with Crippen LogP contribution in [0.1, 0.15) is 25.3 Å². The number of benzene rings is 1. The van der Waals surface area contributed by atoms with Gasteiger partial charge in [-0.3, -0.25) is 0 Å². The molecular formula is C13H23NO. The lowest BCUT2D eigenvalue weighted by Gasteiger charge is -2.10. The zero-order valence-corrected chi connectivity index (χ0v) is 10.0. The molecule has 0 amide bonds. The zero-order chi connectivity index (χ0) is 11.5. The van der Waals surface area contributed by atoms with E-state index in [4.69, 9.17) is 5.11 Å². The average Bonchev–Trinajstić information content (AvgIpc) is 2.28. The van der Waals surface area contributed by atoms with Gasteiger partial charge in [-0.1, -0.05) is 42.8 Å². The number of aryl methyl sites for hydroxylation is 1. The first-order chi connectivity index (χ1) is 7.24. The standard InChI is InChI=1S/C7H8.C6H15NO/c1-7-5-3-2-4-6-7;1-3-6(7-2)4-5-8/h2-6H,1H3;6-8H,3-5H2,1-2H3. The summed E-state index contributed by atoms with van der Waals surface area (Å²) in [6.45, 7) is 4.48. The third-order valence-corrected chi connectivity index (χ3v) is 2.32. The van der Waals surface area contributed by atoms with E-state index in [-0.39, 0.29) is 0 Å². The van der Waals surface area contributed by atoms with Gasteiger partial charge < -0.3 is 10.4 Å². The van der Waals surface area contributed by atoms with Gasteiger partial charge in [0.15, 0.2) is 0 Å². The monoisotopic (exact) mass is 209 g/mol. The van der Waals surface area contributed by atoms with Gasteiger partial charge in [0.05, 0.1) is 0 Å². The van der Waals surface area contributed by atoms with Gasteiger partial charge in [0, 0.05) is 12.6 Å². The van der Waals surface area contributed by atoms with Gasteiger partial charge in [0.25, 0.3) is 0 Å². The van der Waals surface area contributed by atoms with Gasteiger partial charge in [-0.15, -0.1) is 0 Å². The Morgan fingerprint density at radius 1 is 1.27 bits per heavy atom. The predicted molar refractivity (Wildman–Crippen MR) is 66.0 cm³/mol. The maximum Gasteiger partial charge on any atom is 0.0445 e. The second-order valence-corrected chi connectivity index (χ2v) is 3.56. The van der Waals surface area contributed by atoms with Crippen LogP contribution in [0.25, 0.3) is 0 Å². The molecular weight excluding hydrogens is 186 g/mol. The van der Waals surface area contributed by atoms with Crippen LogP contribution in [0.5, 0.6) is 0 Å². The van der Waals surface area contributed by atoms with E-state index in [0.29, 0.717) is 12.6 Å². The summed E-state index contributed by atoms with van der Waals surface area (Å²) in [7, 11) is 1.92. The Kier molecular flexibility index (Phi) is 9.13. The van der Waals surface area contributed by atoms with Crippen LogP contribution in [0, 0.1) is 6.92 Å². The summed E-state index contributed by atoms with van der Waals surface area (Å²) in [6.07, 6.45) is 1.96. The van der Waals surface area contributed by atoms with Crippen LogP contribution in [0.3, 0.4) is 0 Å². The average molecular weight is 209 g/mol. The Hall–Kier alpha value is -0.860. The van der Waals surface area contributed by atoms with E-state index in [2.05, 4.69) is 31.3 Å². The van der Waals surface area contributed by atoms with Gasteiger partial charge in [-0.05, 0) is 26.8 Å². The van der Waals surface area contributed by atoms with Crippen LogP contribution in [0.4, 0.5) is 0 Å². The smallest absolute Gasteiger partial charge is 0.0445 e. The first kappa shape index (κ1) is 14.1. The Bertz CT molecular complexity index is 219. The largest absolute Gasteiger partial charge is 0.396 e. The minimum atomic E-state index is 0.291. The Labute approximate surface area is 93.3 Å². The molecule has 86 valence electrons. The van der Waals surface area contributed by atoms with Crippen molar-refractivity contribution in [1.29, 1.82) is 0 Å². The highest BCUT2D eigenvalue weighted by molar-refractivity contribution is 5.11. The Morgan fingerprint density at radius 3 is 2.07 bits per heavy atom. The number of rotatable bonds is 4. The fourth-order valence-corrected chi connectivity index (χ4v) is 1.24. The van der Waals surface area contributed by atoms with Crippen molar-refractivity contribution < 1.29 is 5.11 Å². The molecule has 0 saturated carbocycles. The Balaban J connectivity index is 0.000000262. The fourth-order valence-electron chi connectivity index (χ4n) is 1.24. The molecule has 1 rings (SSSR count). The second-order valence-electron chi connectivity index (χ2n) is 3.56. The molecule has 0 heterocycles. The number of aliphatic hydroxyl groups excluding tert-OH is 1. The zero-order valence-electron chi connectivity index (χ0n) is 10.0. The molecule has 0 fully saturated rings. The summed E-state index contributed by atoms with van der Waals surface area (Å²) in [5, 5.41) is 11.6. The summed E-state index contributed by atoms with van der Waals surface area (Å²) in [6, 6.07) is 10.8. The fraction of sp³-hybridized carbons (Fsp3) is 0.538. The lowest BCUT2D eigenvalue weighted by molar-refractivity contribution is 0.266. The van der Waals surface area contributed by atoms with Gasteiger partial charge in [-0.2, -0.15) is 0 Å². The van der Waals surface area contributed by atoms with E-state index in [1.54, 1.807) is 0 Å². The number of aliphatic hydroxyl groups is 1. The van der Waals surface area contributed by atoms with E-state index >= 15 is 0 Å². The van der Waals surface area contributed by atoms with Crippen LogP contribution < -0.4 is 5.32 Å². The molecule has 0 aliphatic heterocycles. The van der Waals surface area contributed by atoms with Crippen LogP contribution in [0.15, 0.2) is 30.3 Å². The van der Waals surface area contributed by atoms with E-state index < -0.39 is 0 Å². The molecule has 2 nitrogen and oxygen atoms in total. The quantitative estimate of drug-likeness (QED) is 0.798. The number of nitrogens with one attached hydrogen (secondary N) is 1. The molecule has 0 aliphatic rings. The van der Waals surface area contributed by atoms with Crippen molar-refractivity contribution in [3.8, 4) is 0 Å². The van der Waals surface area contributed by atoms with Gasteiger partial charge in [-0.25, -0.2) is 0 Å². The SMILES string of the molecule is CCC(CCO)NC.Cc1ccccc1. The molecule has 0 aromatic heterocycles. The second kappa shape index (κ2) is 9.69. The molecule has 0 bridgehead atoms. The van der Waals surface area contributed by atoms with Crippen molar-refractivity contribution in [3.05, 3.63) is 35.9 Å². The van der Waals surface area contributed by atoms with Crippen molar-refractivity contribution in [1.82, 2.24) is 5.32 Å². The molecule has 2 heteroatoms. The normalized spacial score (nSPS) is 11.5. The van der Waals surface area contributed by atoms with Gasteiger partial charge in [0.1, 0.15) is 0 Å².